The lowest BCUT2D eigenvalue weighted by atomic mass is 9.84. The Bertz CT molecular complexity index is 1070. The molecule has 1 aromatic rings. The van der Waals surface area contributed by atoms with E-state index in [1.807, 2.05) is 0 Å². The van der Waals surface area contributed by atoms with Crippen LogP contribution in [0.4, 0.5) is 0 Å². The summed E-state index contributed by atoms with van der Waals surface area (Å²) in [5.41, 5.74) is 0.537. The molecule has 208 valence electrons. The quantitative estimate of drug-likeness (QED) is 0.130. The van der Waals surface area contributed by atoms with Crippen molar-refractivity contribution in [2.75, 3.05) is 20.8 Å². The average Bonchev–Trinajstić information content (AvgIpc) is 2.90. The topological polar surface area (TPSA) is 208 Å². The smallest absolute Gasteiger partial charge is 0.331 e. The highest BCUT2D eigenvalue weighted by Crippen LogP contribution is 2.33. The Hall–Kier alpha value is -3.06. The summed E-state index contributed by atoms with van der Waals surface area (Å²) in [6.45, 7) is -0.704. The molecule has 13 heteroatoms. The van der Waals surface area contributed by atoms with E-state index in [2.05, 4.69) is 0 Å². The highest BCUT2D eigenvalue weighted by molar-refractivity contribution is 5.87. The lowest BCUT2D eigenvalue weighted by Crippen LogP contribution is -2.61. The number of nitrogens with zero attached hydrogens (tertiary/aromatic N) is 1. The zero-order chi connectivity index (χ0) is 28.0. The third kappa shape index (κ3) is 6.49. The first kappa shape index (κ1) is 29.5. The first-order valence-corrected chi connectivity index (χ1v) is 11.7. The molecule has 1 aromatic carbocycles. The average molecular weight is 538 g/mol. The number of phenols is 1. The van der Waals surface area contributed by atoms with E-state index in [1.165, 1.54) is 38.5 Å². The number of phenolic OH excluding ortho intramolecular Hbond substituents is 1. The third-order valence-corrected chi connectivity index (χ3v) is 6.35. The maximum atomic E-state index is 12.6. The first-order chi connectivity index (χ1) is 18.1. The van der Waals surface area contributed by atoms with E-state index in [0.717, 1.165) is 12.2 Å². The Morgan fingerprint density at radius 2 is 1.92 bits per heavy atom. The van der Waals surface area contributed by atoms with Crippen molar-refractivity contribution in [2.24, 2.45) is 0 Å². The first-order valence-electron chi connectivity index (χ1n) is 11.7. The molecule has 0 spiro atoms. The Kier molecular flexibility index (Phi) is 10.2. The van der Waals surface area contributed by atoms with Crippen molar-refractivity contribution < 1.29 is 59.1 Å². The fourth-order valence-electron chi connectivity index (χ4n) is 4.34. The molecule has 13 nitrogen and oxygen atoms in total. The van der Waals surface area contributed by atoms with Crippen molar-refractivity contribution in [3.05, 3.63) is 41.5 Å². The molecule has 9 atom stereocenters. The molecular weight excluding hydrogens is 506 g/mol. The monoisotopic (exact) mass is 537 g/mol. The molecule has 2 fully saturated rings. The molecule has 1 heterocycles. The van der Waals surface area contributed by atoms with Gasteiger partial charge in [-0.25, -0.2) is 4.79 Å². The number of aromatic hydroxyl groups is 1. The summed E-state index contributed by atoms with van der Waals surface area (Å²) in [5.74, 6) is -0.873. The number of methoxy groups -OCH3 is 2. The van der Waals surface area contributed by atoms with Gasteiger partial charge in [0, 0.05) is 31.3 Å². The second-order valence-corrected chi connectivity index (χ2v) is 8.72. The fraction of sp³-hybridized carbons (Fsp3) is 0.520. The van der Waals surface area contributed by atoms with Crippen molar-refractivity contribution in [3.63, 3.8) is 0 Å². The van der Waals surface area contributed by atoms with Gasteiger partial charge in [0.25, 0.3) is 0 Å². The van der Waals surface area contributed by atoms with Crippen molar-refractivity contribution in [3.8, 4) is 17.6 Å². The minimum absolute atomic E-state index is 0.0562. The maximum absolute atomic E-state index is 12.6. The largest absolute Gasteiger partial charge is 0.504 e. The van der Waals surface area contributed by atoms with Gasteiger partial charge in [0.15, 0.2) is 23.9 Å². The zero-order valence-corrected chi connectivity index (χ0v) is 20.7. The van der Waals surface area contributed by atoms with Gasteiger partial charge in [0.05, 0.1) is 32.0 Å². The molecule has 0 unspecified atom stereocenters. The maximum Gasteiger partial charge on any atom is 0.331 e. The van der Waals surface area contributed by atoms with E-state index >= 15 is 0 Å². The number of aliphatic hydroxyl groups is 5. The van der Waals surface area contributed by atoms with Gasteiger partial charge >= 0.3 is 5.97 Å². The Morgan fingerprint density at radius 1 is 1.18 bits per heavy atom. The van der Waals surface area contributed by atoms with E-state index in [1.54, 1.807) is 6.07 Å². The predicted molar refractivity (Wildman–Crippen MR) is 127 cm³/mol. The molecule has 1 saturated heterocycles. The van der Waals surface area contributed by atoms with Crippen LogP contribution in [0.1, 0.15) is 12.0 Å². The molecule has 2 aliphatic rings. The van der Waals surface area contributed by atoms with Gasteiger partial charge in [0.1, 0.15) is 30.5 Å². The highest BCUT2D eigenvalue weighted by atomic mass is 16.7. The van der Waals surface area contributed by atoms with E-state index < -0.39 is 67.7 Å². The SMILES string of the molecule is COc1cc(/C=C\C(=O)O[C@H]2[C@H](O[C@@H]3C[C@H](O)[C@H](OC)[C@@H](O)/C3=C/C#N)O[C@H](CO)[C@@H](O)[C@@H]2O)ccc1O. The molecule has 0 aromatic heterocycles. The molecule has 38 heavy (non-hydrogen) atoms. The van der Waals surface area contributed by atoms with Crippen LogP contribution >= 0.6 is 0 Å². The molecule has 1 saturated carbocycles. The van der Waals surface area contributed by atoms with Crippen molar-refractivity contribution in [1.82, 2.24) is 0 Å². The van der Waals surface area contributed by atoms with Gasteiger partial charge in [-0.05, 0) is 23.8 Å². The van der Waals surface area contributed by atoms with Crippen LogP contribution in [0.15, 0.2) is 35.9 Å². The summed E-state index contributed by atoms with van der Waals surface area (Å²) in [5, 5.41) is 70.5. The molecule has 0 bridgehead atoms. The minimum Gasteiger partial charge on any atom is -0.504 e. The predicted octanol–water partition coefficient (Wildman–Crippen LogP) is -1.26. The highest BCUT2D eigenvalue weighted by Gasteiger charge is 2.50. The van der Waals surface area contributed by atoms with Crippen LogP contribution in [0.25, 0.3) is 6.08 Å². The normalized spacial score (nSPS) is 34.7. The van der Waals surface area contributed by atoms with Crippen molar-refractivity contribution >= 4 is 12.0 Å². The summed E-state index contributed by atoms with van der Waals surface area (Å²) in [6, 6.07) is 6.13. The number of hydrogen-bond acceptors (Lipinski definition) is 13. The second-order valence-electron chi connectivity index (χ2n) is 8.72. The van der Waals surface area contributed by atoms with Gasteiger partial charge in [0.2, 0.25) is 0 Å². The summed E-state index contributed by atoms with van der Waals surface area (Å²) >= 11 is 0. The van der Waals surface area contributed by atoms with Crippen LogP contribution in [-0.2, 0) is 23.7 Å². The molecule has 6 N–H and O–H groups in total. The Balaban J connectivity index is 1.82. The van der Waals surface area contributed by atoms with E-state index in [9.17, 15) is 40.7 Å². The zero-order valence-electron chi connectivity index (χ0n) is 20.7. The molecule has 1 aliphatic heterocycles. The fourth-order valence-corrected chi connectivity index (χ4v) is 4.34. The number of nitriles is 1. The molecule has 3 rings (SSSR count). The summed E-state index contributed by atoms with van der Waals surface area (Å²) in [4.78, 5) is 12.6. The number of esters is 1. The summed E-state index contributed by atoms with van der Waals surface area (Å²) < 4.78 is 26.9. The van der Waals surface area contributed by atoms with Crippen LogP contribution in [0, 0.1) is 11.3 Å². The van der Waals surface area contributed by atoms with E-state index in [-0.39, 0.29) is 23.5 Å². The standard InChI is InChI=1S/C25H31NO12/c1-34-17-9-12(3-5-14(17)28)4-6-19(30)38-24-22(33)21(32)18(11-27)37-25(24)36-16-10-15(29)23(35-2)20(31)13(16)7-8-26/h3-7,9,15-16,18,20-25,27-29,31-33H,10-11H2,1-2H3/b6-4-,13-7+/t15-,16+,18+,20-,21+,22-,23-,24+,25+/m0/s1. The molecule has 0 radical (unpaired) electrons. The van der Waals surface area contributed by atoms with Crippen LogP contribution in [0.5, 0.6) is 11.5 Å². The van der Waals surface area contributed by atoms with Gasteiger partial charge in [-0.1, -0.05) is 6.07 Å². The van der Waals surface area contributed by atoms with E-state index in [0.29, 0.717) is 5.56 Å². The Morgan fingerprint density at radius 3 is 2.55 bits per heavy atom. The lowest BCUT2D eigenvalue weighted by molar-refractivity contribution is -0.314. The molecule has 0 amide bonds. The number of carbonyl (C=O) groups excluding carboxylic acids is 1. The van der Waals surface area contributed by atoms with Gasteiger partial charge in [-0.15, -0.1) is 0 Å². The number of rotatable bonds is 8. The van der Waals surface area contributed by atoms with Crippen LogP contribution in [0.2, 0.25) is 0 Å². The number of aliphatic hydroxyl groups excluding tert-OH is 5. The lowest BCUT2D eigenvalue weighted by Gasteiger charge is -2.44. The third-order valence-electron chi connectivity index (χ3n) is 6.35. The summed E-state index contributed by atoms with van der Waals surface area (Å²) in [6.07, 6.45) is -9.36. The van der Waals surface area contributed by atoms with Gasteiger partial charge in [-0.3, -0.25) is 0 Å². The van der Waals surface area contributed by atoms with Crippen LogP contribution < -0.4 is 4.74 Å². The number of benzene rings is 1. The second kappa shape index (κ2) is 13.1. The number of ether oxygens (including phenoxy) is 5. The van der Waals surface area contributed by atoms with Gasteiger partial charge in [-0.2, -0.15) is 5.26 Å². The summed E-state index contributed by atoms with van der Waals surface area (Å²) in [7, 11) is 2.65. The van der Waals surface area contributed by atoms with Crippen molar-refractivity contribution in [2.45, 2.75) is 61.5 Å². The molecular formula is C25H31NO12. The van der Waals surface area contributed by atoms with Crippen LogP contribution in [0.3, 0.4) is 0 Å². The number of allylic oxidation sites excluding steroid dienone is 1. The number of carbonyl (C=O) groups is 1. The van der Waals surface area contributed by atoms with Crippen LogP contribution in [-0.4, -0.2) is 113 Å². The minimum atomic E-state index is -1.74. The van der Waals surface area contributed by atoms with Gasteiger partial charge < -0.3 is 54.3 Å². The molecule has 1 aliphatic carbocycles. The number of hydrogen-bond donors (Lipinski definition) is 6. The Labute approximate surface area is 218 Å². The van der Waals surface area contributed by atoms with E-state index in [4.69, 9.17) is 23.7 Å². The van der Waals surface area contributed by atoms with Crippen molar-refractivity contribution in [1.29, 1.82) is 5.26 Å².